The molecule has 0 aromatic carbocycles. The number of ketones is 1. The number of nitrogens with zero attached hydrogens (tertiary/aromatic N) is 1. The van der Waals surface area contributed by atoms with Crippen LogP contribution >= 0.6 is 0 Å². The lowest BCUT2D eigenvalue weighted by atomic mass is 10.2. The first-order chi connectivity index (χ1) is 6.38. The standard InChI is InChI=1S/C10H15NO3/c1-10(2,3)14-9(13)11-5-8(12)6-4-7(6)11/h6-7H,4-5H2,1-3H3. The summed E-state index contributed by atoms with van der Waals surface area (Å²) in [6.45, 7) is 5.72. The molecule has 2 rings (SSSR count). The Hall–Kier alpha value is -1.06. The van der Waals surface area contributed by atoms with Gasteiger partial charge in [-0.25, -0.2) is 4.79 Å². The maximum absolute atomic E-state index is 11.6. The van der Waals surface area contributed by atoms with Gasteiger partial charge >= 0.3 is 6.09 Å². The number of hydrogen-bond donors (Lipinski definition) is 0. The Morgan fingerprint density at radius 3 is 2.50 bits per heavy atom. The second kappa shape index (κ2) is 2.72. The van der Waals surface area contributed by atoms with E-state index in [1.54, 1.807) is 4.90 Å². The van der Waals surface area contributed by atoms with E-state index in [-0.39, 0.29) is 30.4 Å². The molecule has 4 nitrogen and oxygen atoms in total. The average Bonchev–Trinajstić information content (AvgIpc) is 2.69. The molecule has 2 atom stereocenters. The Kier molecular flexibility index (Phi) is 1.84. The van der Waals surface area contributed by atoms with Gasteiger partial charge < -0.3 is 4.74 Å². The number of fused-ring (bicyclic) bond motifs is 1. The van der Waals surface area contributed by atoms with Crippen LogP contribution in [0.3, 0.4) is 0 Å². The van der Waals surface area contributed by atoms with Crippen LogP contribution in [0.15, 0.2) is 0 Å². The third-order valence-corrected chi connectivity index (χ3v) is 2.52. The van der Waals surface area contributed by atoms with Crippen molar-refractivity contribution in [3.63, 3.8) is 0 Å². The van der Waals surface area contributed by atoms with E-state index in [4.69, 9.17) is 4.74 Å². The summed E-state index contributed by atoms with van der Waals surface area (Å²) in [7, 11) is 0. The van der Waals surface area contributed by atoms with Crippen LogP contribution in [0.25, 0.3) is 0 Å². The van der Waals surface area contributed by atoms with E-state index < -0.39 is 5.60 Å². The summed E-state index contributed by atoms with van der Waals surface area (Å²) in [5.41, 5.74) is -0.479. The Balaban J connectivity index is 1.97. The first kappa shape index (κ1) is 9.49. The smallest absolute Gasteiger partial charge is 0.410 e. The predicted molar refractivity (Wildman–Crippen MR) is 49.8 cm³/mol. The number of rotatable bonds is 0. The van der Waals surface area contributed by atoms with E-state index in [2.05, 4.69) is 0 Å². The van der Waals surface area contributed by atoms with Crippen LogP contribution < -0.4 is 0 Å². The summed E-state index contributed by atoms with van der Waals surface area (Å²) in [6.07, 6.45) is 0.480. The number of amides is 1. The summed E-state index contributed by atoms with van der Waals surface area (Å²) in [4.78, 5) is 24.4. The molecule has 0 aromatic heterocycles. The number of hydrogen-bond acceptors (Lipinski definition) is 3. The molecule has 2 aliphatic rings. The maximum Gasteiger partial charge on any atom is 0.410 e. The van der Waals surface area contributed by atoms with Crippen molar-refractivity contribution < 1.29 is 14.3 Å². The SMILES string of the molecule is CC(C)(C)OC(=O)N1CC(=O)C2CC21. The second-order valence-corrected chi connectivity index (χ2v) is 4.98. The van der Waals surface area contributed by atoms with Crippen LogP contribution in [0, 0.1) is 5.92 Å². The van der Waals surface area contributed by atoms with Crippen molar-refractivity contribution in [2.75, 3.05) is 6.54 Å². The summed E-state index contributed by atoms with van der Waals surface area (Å²) >= 11 is 0. The number of piperidine rings is 1. The molecule has 1 saturated carbocycles. The van der Waals surface area contributed by atoms with Gasteiger partial charge in [-0.1, -0.05) is 0 Å². The minimum atomic E-state index is -0.479. The van der Waals surface area contributed by atoms with Gasteiger partial charge in [0.1, 0.15) is 5.60 Å². The van der Waals surface area contributed by atoms with Gasteiger partial charge in [0.05, 0.1) is 6.54 Å². The van der Waals surface area contributed by atoms with E-state index in [1.165, 1.54) is 0 Å². The van der Waals surface area contributed by atoms with E-state index >= 15 is 0 Å². The highest BCUT2D eigenvalue weighted by Gasteiger charge is 2.55. The molecule has 2 unspecified atom stereocenters. The van der Waals surface area contributed by atoms with E-state index in [0.29, 0.717) is 0 Å². The van der Waals surface area contributed by atoms with Gasteiger partial charge in [-0.15, -0.1) is 0 Å². The maximum atomic E-state index is 11.6. The Morgan fingerprint density at radius 2 is 2.14 bits per heavy atom. The molecular weight excluding hydrogens is 182 g/mol. The summed E-state index contributed by atoms with van der Waals surface area (Å²) in [6, 6.07) is 0.136. The highest BCUT2D eigenvalue weighted by molar-refractivity contribution is 5.93. The highest BCUT2D eigenvalue weighted by atomic mass is 16.6. The third kappa shape index (κ3) is 1.61. The normalized spacial score (nSPS) is 30.2. The van der Waals surface area contributed by atoms with E-state index in [9.17, 15) is 9.59 Å². The van der Waals surface area contributed by atoms with Crippen LogP contribution in [0.4, 0.5) is 4.79 Å². The van der Waals surface area contributed by atoms with Crippen molar-refractivity contribution in [1.29, 1.82) is 0 Å². The lowest BCUT2D eigenvalue weighted by Gasteiger charge is -2.24. The molecule has 0 spiro atoms. The van der Waals surface area contributed by atoms with Crippen molar-refractivity contribution in [3.8, 4) is 0 Å². The summed E-state index contributed by atoms with van der Waals surface area (Å²) < 4.78 is 5.20. The molecule has 14 heavy (non-hydrogen) atoms. The molecular formula is C10H15NO3. The number of carbonyl (C=O) groups is 2. The van der Waals surface area contributed by atoms with Crippen LogP contribution in [-0.4, -0.2) is 35.0 Å². The molecule has 4 heteroatoms. The van der Waals surface area contributed by atoms with E-state index in [0.717, 1.165) is 6.42 Å². The first-order valence-electron chi connectivity index (χ1n) is 4.91. The largest absolute Gasteiger partial charge is 0.444 e. The minimum absolute atomic E-state index is 0.113. The quantitative estimate of drug-likeness (QED) is 0.586. The molecule has 1 amide bonds. The highest BCUT2D eigenvalue weighted by Crippen LogP contribution is 2.42. The average molecular weight is 197 g/mol. The van der Waals surface area contributed by atoms with Gasteiger partial charge in [-0.3, -0.25) is 9.69 Å². The lowest BCUT2D eigenvalue weighted by molar-refractivity contribution is -0.118. The Morgan fingerprint density at radius 1 is 1.50 bits per heavy atom. The molecule has 78 valence electrons. The molecule has 1 saturated heterocycles. The monoisotopic (exact) mass is 197 g/mol. The number of likely N-dealkylation sites (tertiary alicyclic amines) is 1. The molecule has 0 aromatic rings. The Labute approximate surface area is 83.2 Å². The molecule has 0 radical (unpaired) electrons. The molecule has 0 bridgehead atoms. The fraction of sp³-hybridized carbons (Fsp3) is 0.800. The summed E-state index contributed by atoms with van der Waals surface area (Å²) in [5.74, 6) is 0.295. The number of ether oxygens (including phenoxy) is 1. The van der Waals surface area contributed by atoms with Crippen molar-refractivity contribution >= 4 is 11.9 Å². The summed E-state index contributed by atoms with van der Waals surface area (Å²) in [5, 5.41) is 0. The lowest BCUT2D eigenvalue weighted by Crippen LogP contribution is -2.37. The van der Waals surface area contributed by atoms with Crippen molar-refractivity contribution in [1.82, 2.24) is 4.90 Å². The molecule has 1 aliphatic heterocycles. The zero-order valence-electron chi connectivity index (χ0n) is 8.74. The molecule has 1 aliphatic carbocycles. The van der Waals surface area contributed by atoms with Crippen LogP contribution in [-0.2, 0) is 9.53 Å². The van der Waals surface area contributed by atoms with Gasteiger partial charge in [0.25, 0.3) is 0 Å². The van der Waals surface area contributed by atoms with Gasteiger partial charge in [0.2, 0.25) is 0 Å². The van der Waals surface area contributed by atoms with Crippen LogP contribution in [0.2, 0.25) is 0 Å². The zero-order valence-corrected chi connectivity index (χ0v) is 8.74. The third-order valence-electron chi connectivity index (χ3n) is 2.52. The second-order valence-electron chi connectivity index (χ2n) is 4.98. The van der Waals surface area contributed by atoms with Gasteiger partial charge in [0.15, 0.2) is 5.78 Å². The van der Waals surface area contributed by atoms with Gasteiger partial charge in [0, 0.05) is 12.0 Å². The van der Waals surface area contributed by atoms with Gasteiger partial charge in [-0.2, -0.15) is 0 Å². The fourth-order valence-corrected chi connectivity index (χ4v) is 1.79. The van der Waals surface area contributed by atoms with Crippen LogP contribution in [0.5, 0.6) is 0 Å². The first-order valence-corrected chi connectivity index (χ1v) is 4.91. The Bertz CT molecular complexity index is 292. The fourth-order valence-electron chi connectivity index (χ4n) is 1.79. The topological polar surface area (TPSA) is 46.6 Å². The van der Waals surface area contributed by atoms with Crippen LogP contribution in [0.1, 0.15) is 27.2 Å². The number of carbonyl (C=O) groups excluding carboxylic acids is 2. The van der Waals surface area contributed by atoms with Crippen molar-refractivity contribution in [2.45, 2.75) is 38.8 Å². The van der Waals surface area contributed by atoms with Gasteiger partial charge in [-0.05, 0) is 27.2 Å². The zero-order chi connectivity index (χ0) is 10.5. The molecule has 2 fully saturated rings. The predicted octanol–water partition coefficient (Wildman–Crippen LogP) is 1.19. The van der Waals surface area contributed by atoms with Crippen molar-refractivity contribution in [3.05, 3.63) is 0 Å². The molecule has 0 N–H and O–H groups in total. The van der Waals surface area contributed by atoms with Crippen molar-refractivity contribution in [2.24, 2.45) is 5.92 Å². The molecule has 1 heterocycles. The van der Waals surface area contributed by atoms with E-state index in [1.807, 2.05) is 20.8 Å². The number of Topliss-reactive ketones (excluding diaryl/α,β-unsaturated/α-hetero) is 1. The minimum Gasteiger partial charge on any atom is -0.444 e.